The molecule has 0 atom stereocenters. The smallest absolute Gasteiger partial charge is 0.253 e. The Morgan fingerprint density at radius 2 is 2.00 bits per heavy atom. The van der Waals surface area contributed by atoms with Crippen molar-refractivity contribution >= 4 is 31.9 Å². The first kappa shape index (κ1) is 15.5. The van der Waals surface area contributed by atoms with Crippen molar-refractivity contribution in [2.24, 2.45) is 10.6 Å². The van der Waals surface area contributed by atoms with E-state index in [4.69, 9.17) is 5.14 Å². The van der Waals surface area contributed by atoms with Gasteiger partial charge in [0.25, 0.3) is 5.91 Å². The van der Waals surface area contributed by atoms with Crippen molar-refractivity contribution in [3.63, 3.8) is 0 Å². The predicted octanol–water partition coefficient (Wildman–Crippen LogP) is 1.97. The number of carbonyl (C=O) groups excluding carboxylic acids is 1. The van der Waals surface area contributed by atoms with E-state index >= 15 is 0 Å². The first-order valence-electron chi connectivity index (χ1n) is 6.21. The van der Waals surface area contributed by atoms with Gasteiger partial charge in [-0.3, -0.25) is 4.79 Å². The Kier molecular flexibility index (Phi) is 3.96. The third-order valence-corrected chi connectivity index (χ3v) is 4.76. The Morgan fingerprint density at radius 1 is 1.35 bits per heavy atom. The molecule has 0 spiro atoms. The van der Waals surface area contributed by atoms with E-state index in [1.54, 1.807) is 11.0 Å². The molecule has 0 aromatic heterocycles. The van der Waals surface area contributed by atoms with Gasteiger partial charge < -0.3 is 4.90 Å². The number of benzene rings is 1. The van der Waals surface area contributed by atoms with Gasteiger partial charge in [0.2, 0.25) is 10.0 Å². The number of likely N-dealkylation sites (tertiary alicyclic amines) is 1. The van der Waals surface area contributed by atoms with E-state index in [-0.39, 0.29) is 16.2 Å². The molecule has 1 aliphatic rings. The molecule has 1 heterocycles. The molecule has 7 heteroatoms. The molecule has 20 heavy (non-hydrogen) atoms. The molecule has 1 aliphatic heterocycles. The number of nitrogens with two attached hydrogens (primary N) is 1. The minimum Gasteiger partial charge on any atom is -0.338 e. The molecule has 0 radical (unpaired) electrons. The van der Waals surface area contributed by atoms with Crippen molar-refractivity contribution in [1.82, 2.24) is 4.90 Å². The molecule has 0 unspecified atom stereocenters. The van der Waals surface area contributed by atoms with Gasteiger partial charge in [-0.25, -0.2) is 13.6 Å². The highest BCUT2D eigenvalue weighted by Crippen LogP contribution is 2.30. The van der Waals surface area contributed by atoms with Crippen molar-refractivity contribution in [2.75, 3.05) is 13.1 Å². The number of carbonyl (C=O) groups is 1. The highest BCUT2D eigenvalue weighted by Gasteiger charge is 2.32. The maximum Gasteiger partial charge on any atom is 0.253 e. The third kappa shape index (κ3) is 3.39. The number of sulfonamides is 1. The van der Waals surface area contributed by atoms with Crippen LogP contribution in [0.5, 0.6) is 0 Å². The largest absolute Gasteiger partial charge is 0.338 e. The lowest BCUT2D eigenvalue weighted by atomic mass is 9.93. The van der Waals surface area contributed by atoms with Crippen molar-refractivity contribution < 1.29 is 13.2 Å². The van der Waals surface area contributed by atoms with Crippen LogP contribution in [0, 0.1) is 5.41 Å². The van der Waals surface area contributed by atoms with Crippen molar-refractivity contribution in [2.45, 2.75) is 25.2 Å². The van der Waals surface area contributed by atoms with Gasteiger partial charge in [-0.1, -0.05) is 29.8 Å². The van der Waals surface area contributed by atoms with Crippen molar-refractivity contribution in [1.29, 1.82) is 0 Å². The Morgan fingerprint density at radius 3 is 2.50 bits per heavy atom. The van der Waals surface area contributed by atoms with Crippen LogP contribution in [-0.2, 0) is 10.0 Å². The molecule has 0 aliphatic carbocycles. The van der Waals surface area contributed by atoms with Gasteiger partial charge >= 0.3 is 0 Å². The average Bonchev–Trinajstić information content (AvgIpc) is 2.67. The summed E-state index contributed by atoms with van der Waals surface area (Å²) in [6.07, 6.45) is 0.939. The minimum absolute atomic E-state index is 0.0614. The van der Waals surface area contributed by atoms with Crippen LogP contribution in [-0.4, -0.2) is 32.3 Å². The highest BCUT2D eigenvalue weighted by atomic mass is 79.9. The van der Waals surface area contributed by atoms with Crippen molar-refractivity contribution in [3.05, 3.63) is 28.2 Å². The van der Waals surface area contributed by atoms with E-state index in [0.29, 0.717) is 23.1 Å². The molecule has 110 valence electrons. The molecule has 1 aromatic rings. The topological polar surface area (TPSA) is 80.5 Å². The SMILES string of the molecule is CC1(C)CCN(C(=O)c2cc(Br)cc(S(N)(=O)=O)c2)C1. The fourth-order valence-electron chi connectivity index (χ4n) is 2.32. The number of nitrogens with zero attached hydrogens (tertiary/aromatic N) is 1. The van der Waals surface area contributed by atoms with Gasteiger partial charge in [0, 0.05) is 23.1 Å². The molecule has 2 rings (SSSR count). The minimum atomic E-state index is -3.83. The van der Waals surface area contributed by atoms with Crippen LogP contribution in [0.4, 0.5) is 0 Å². The third-order valence-electron chi connectivity index (χ3n) is 3.41. The van der Waals surface area contributed by atoms with E-state index in [9.17, 15) is 13.2 Å². The quantitative estimate of drug-likeness (QED) is 0.875. The van der Waals surface area contributed by atoms with Crippen LogP contribution in [0.3, 0.4) is 0 Å². The lowest BCUT2D eigenvalue weighted by Crippen LogP contribution is -2.30. The summed E-state index contributed by atoms with van der Waals surface area (Å²) in [5.74, 6) is -0.165. The van der Waals surface area contributed by atoms with Crippen LogP contribution in [0.1, 0.15) is 30.6 Å². The fourth-order valence-corrected chi connectivity index (χ4v) is 3.55. The Labute approximate surface area is 127 Å². The van der Waals surface area contributed by atoms with E-state index in [1.807, 2.05) is 0 Å². The summed E-state index contributed by atoms with van der Waals surface area (Å²) >= 11 is 3.21. The number of hydrogen-bond donors (Lipinski definition) is 1. The van der Waals surface area contributed by atoms with Gasteiger partial charge in [0.05, 0.1) is 4.90 Å². The van der Waals surface area contributed by atoms with Crippen LogP contribution in [0.15, 0.2) is 27.6 Å². The van der Waals surface area contributed by atoms with Crippen LogP contribution in [0.25, 0.3) is 0 Å². The first-order valence-corrected chi connectivity index (χ1v) is 8.55. The number of primary sulfonamides is 1. The van der Waals surface area contributed by atoms with Gasteiger partial charge in [0.15, 0.2) is 0 Å². The normalized spacial score (nSPS) is 18.3. The molecule has 1 fully saturated rings. The van der Waals surface area contributed by atoms with E-state index in [0.717, 1.165) is 6.42 Å². The van der Waals surface area contributed by atoms with Gasteiger partial charge in [-0.05, 0) is 30.0 Å². The second-order valence-electron chi connectivity index (χ2n) is 5.86. The zero-order valence-electron chi connectivity index (χ0n) is 11.4. The second kappa shape index (κ2) is 5.13. The molecular weight excluding hydrogens is 344 g/mol. The Bertz CT molecular complexity index is 656. The highest BCUT2D eigenvalue weighted by molar-refractivity contribution is 9.10. The summed E-state index contributed by atoms with van der Waals surface area (Å²) in [5, 5.41) is 5.12. The molecular formula is C13H17BrN2O3S. The van der Waals surface area contributed by atoms with Gasteiger partial charge in [0.1, 0.15) is 0 Å². The van der Waals surface area contributed by atoms with Gasteiger partial charge in [-0.2, -0.15) is 0 Å². The maximum absolute atomic E-state index is 12.4. The number of amides is 1. The summed E-state index contributed by atoms with van der Waals surface area (Å²) in [4.78, 5) is 14.1. The van der Waals surface area contributed by atoms with Crippen LogP contribution >= 0.6 is 15.9 Å². The number of halogens is 1. The number of hydrogen-bond acceptors (Lipinski definition) is 3. The average molecular weight is 361 g/mol. The van der Waals surface area contributed by atoms with E-state index in [1.165, 1.54) is 12.1 Å². The molecule has 2 N–H and O–H groups in total. The summed E-state index contributed by atoms with van der Waals surface area (Å²) in [5.41, 5.74) is 0.436. The molecule has 1 aromatic carbocycles. The van der Waals surface area contributed by atoms with E-state index < -0.39 is 10.0 Å². The lowest BCUT2D eigenvalue weighted by molar-refractivity contribution is 0.0778. The lowest BCUT2D eigenvalue weighted by Gasteiger charge is -2.20. The zero-order chi connectivity index (χ0) is 15.1. The van der Waals surface area contributed by atoms with Crippen molar-refractivity contribution in [3.8, 4) is 0 Å². The van der Waals surface area contributed by atoms with Crippen LogP contribution < -0.4 is 5.14 Å². The zero-order valence-corrected chi connectivity index (χ0v) is 13.8. The molecule has 0 bridgehead atoms. The second-order valence-corrected chi connectivity index (χ2v) is 8.34. The summed E-state index contributed by atoms with van der Waals surface area (Å²) in [6.45, 7) is 5.57. The predicted molar refractivity (Wildman–Crippen MR) is 79.8 cm³/mol. The number of rotatable bonds is 2. The summed E-state index contributed by atoms with van der Waals surface area (Å²) in [6, 6.07) is 4.33. The first-order chi connectivity index (χ1) is 9.08. The molecule has 0 saturated carbocycles. The van der Waals surface area contributed by atoms with Crippen LogP contribution in [0.2, 0.25) is 0 Å². The van der Waals surface area contributed by atoms with Gasteiger partial charge in [-0.15, -0.1) is 0 Å². The maximum atomic E-state index is 12.4. The molecule has 1 saturated heterocycles. The summed E-state index contributed by atoms with van der Waals surface area (Å²) < 4.78 is 23.4. The standard InChI is InChI=1S/C13H17BrN2O3S/c1-13(2)3-4-16(8-13)12(17)9-5-10(14)7-11(6-9)20(15,18)19/h5-7H,3-4,8H2,1-2H3,(H2,15,18,19). The monoisotopic (exact) mass is 360 g/mol. The molecule has 1 amide bonds. The summed E-state index contributed by atoms with van der Waals surface area (Å²) in [7, 11) is -3.83. The Hall–Kier alpha value is -0.920. The van der Waals surface area contributed by atoms with E-state index in [2.05, 4.69) is 29.8 Å². The molecule has 5 nitrogen and oxygen atoms in total. The Balaban J connectivity index is 2.34. The fraction of sp³-hybridized carbons (Fsp3) is 0.462.